The van der Waals surface area contributed by atoms with E-state index in [1.807, 2.05) is 29.6 Å². The van der Waals surface area contributed by atoms with Crippen LogP contribution in [0.25, 0.3) is 0 Å². The van der Waals surface area contributed by atoms with E-state index in [2.05, 4.69) is 10.3 Å². The normalized spacial score (nSPS) is 11.6. The number of carbonyl (C=O) groups excluding carboxylic acids is 1. The minimum atomic E-state index is -3.56. The van der Waals surface area contributed by atoms with Crippen LogP contribution in [0.3, 0.4) is 0 Å². The van der Waals surface area contributed by atoms with Gasteiger partial charge in [0.25, 0.3) is 0 Å². The van der Waals surface area contributed by atoms with Crippen LogP contribution >= 0.6 is 22.9 Å². The van der Waals surface area contributed by atoms with E-state index in [1.165, 1.54) is 37.6 Å². The maximum absolute atomic E-state index is 12.4. The first-order valence-corrected chi connectivity index (χ1v) is 11.4. The molecule has 0 atom stereocenters. The number of thiazole rings is 1. The SMILES string of the molecule is CN(C)S(=O)(=O)c1cccc(NC(=O)Cc2csc(Cc3cccc(Cl)c3)n2)c1. The molecule has 1 N–H and O–H groups in total. The Balaban J connectivity index is 1.64. The highest BCUT2D eigenvalue weighted by Crippen LogP contribution is 2.20. The number of hydrogen-bond donors (Lipinski definition) is 1. The standard InChI is InChI=1S/C20H20ClN3O3S2/c1-24(2)29(26,27)18-8-4-7-16(11-18)22-19(25)12-17-13-28-20(23-17)10-14-5-3-6-15(21)9-14/h3-9,11,13H,10,12H2,1-2H3,(H,22,25). The van der Waals surface area contributed by atoms with Crippen LogP contribution in [-0.2, 0) is 27.7 Å². The molecule has 0 aliphatic rings. The highest BCUT2D eigenvalue weighted by Gasteiger charge is 2.18. The summed E-state index contributed by atoms with van der Waals surface area (Å²) in [5, 5.41) is 6.16. The number of benzene rings is 2. The summed E-state index contributed by atoms with van der Waals surface area (Å²) in [6.45, 7) is 0. The fraction of sp³-hybridized carbons (Fsp3) is 0.200. The van der Waals surface area contributed by atoms with E-state index in [9.17, 15) is 13.2 Å². The topological polar surface area (TPSA) is 79.4 Å². The molecule has 0 aliphatic heterocycles. The van der Waals surface area contributed by atoms with Gasteiger partial charge in [0, 0.05) is 36.6 Å². The van der Waals surface area contributed by atoms with Gasteiger partial charge in [0.15, 0.2) is 0 Å². The van der Waals surface area contributed by atoms with Gasteiger partial charge in [-0.1, -0.05) is 29.8 Å². The zero-order valence-electron chi connectivity index (χ0n) is 15.9. The Hall–Kier alpha value is -2.26. The Morgan fingerprint density at radius 3 is 2.66 bits per heavy atom. The van der Waals surface area contributed by atoms with Crippen LogP contribution in [-0.4, -0.2) is 37.7 Å². The quantitative estimate of drug-likeness (QED) is 0.594. The predicted molar refractivity (Wildman–Crippen MR) is 116 cm³/mol. The van der Waals surface area contributed by atoms with Gasteiger partial charge in [-0.2, -0.15) is 0 Å². The lowest BCUT2D eigenvalue weighted by atomic mass is 10.2. The van der Waals surface area contributed by atoms with E-state index >= 15 is 0 Å². The first kappa shape index (κ1) is 21.4. The summed E-state index contributed by atoms with van der Waals surface area (Å²) >= 11 is 7.50. The van der Waals surface area contributed by atoms with Crippen molar-refractivity contribution in [3.05, 3.63) is 75.2 Å². The molecule has 0 fully saturated rings. The Bertz CT molecular complexity index is 1130. The second-order valence-corrected chi connectivity index (χ2v) is 10.1. The molecule has 9 heteroatoms. The van der Waals surface area contributed by atoms with Gasteiger partial charge in [0.2, 0.25) is 15.9 Å². The number of halogens is 1. The molecule has 6 nitrogen and oxygen atoms in total. The summed E-state index contributed by atoms with van der Waals surface area (Å²) in [4.78, 5) is 17.0. The van der Waals surface area contributed by atoms with Crippen molar-refractivity contribution in [2.45, 2.75) is 17.7 Å². The second kappa shape index (κ2) is 9.04. The molecule has 0 radical (unpaired) electrons. The van der Waals surface area contributed by atoms with Crippen LogP contribution in [0.5, 0.6) is 0 Å². The Kier molecular flexibility index (Phi) is 6.69. The fourth-order valence-corrected chi connectivity index (χ4v) is 4.64. The summed E-state index contributed by atoms with van der Waals surface area (Å²) in [6, 6.07) is 13.8. The summed E-state index contributed by atoms with van der Waals surface area (Å²) in [5.41, 5.74) is 2.15. The van der Waals surface area contributed by atoms with Crippen LogP contribution < -0.4 is 5.32 Å². The minimum Gasteiger partial charge on any atom is -0.326 e. The van der Waals surface area contributed by atoms with Gasteiger partial charge in [-0.15, -0.1) is 11.3 Å². The third-order valence-corrected chi connectivity index (χ3v) is 7.03. The van der Waals surface area contributed by atoms with Crippen LogP contribution in [0.15, 0.2) is 58.8 Å². The van der Waals surface area contributed by atoms with Crippen LogP contribution in [0.1, 0.15) is 16.3 Å². The zero-order valence-corrected chi connectivity index (χ0v) is 18.3. The number of sulfonamides is 1. The average molecular weight is 450 g/mol. The maximum atomic E-state index is 12.4. The number of hydrogen-bond acceptors (Lipinski definition) is 5. The number of nitrogens with zero attached hydrogens (tertiary/aromatic N) is 2. The molecule has 0 bridgehead atoms. The molecule has 1 amide bonds. The molecule has 1 aromatic heterocycles. The Labute approximate surface area is 179 Å². The molecule has 0 spiro atoms. The third kappa shape index (κ3) is 5.63. The van der Waals surface area contributed by atoms with Crippen molar-refractivity contribution in [2.75, 3.05) is 19.4 Å². The lowest BCUT2D eigenvalue weighted by Crippen LogP contribution is -2.22. The number of aromatic nitrogens is 1. The first-order chi connectivity index (χ1) is 13.7. The second-order valence-electron chi connectivity index (χ2n) is 6.58. The largest absolute Gasteiger partial charge is 0.326 e. The highest BCUT2D eigenvalue weighted by atomic mass is 35.5. The summed E-state index contributed by atoms with van der Waals surface area (Å²) in [7, 11) is -0.637. The van der Waals surface area contributed by atoms with Crippen molar-refractivity contribution in [1.82, 2.24) is 9.29 Å². The van der Waals surface area contributed by atoms with Crippen molar-refractivity contribution >= 4 is 44.6 Å². The monoisotopic (exact) mass is 449 g/mol. The van der Waals surface area contributed by atoms with Gasteiger partial charge in [-0.3, -0.25) is 4.79 Å². The van der Waals surface area contributed by atoms with Crippen molar-refractivity contribution in [1.29, 1.82) is 0 Å². The summed E-state index contributed by atoms with van der Waals surface area (Å²) in [6.07, 6.45) is 0.758. The van der Waals surface area contributed by atoms with Crippen molar-refractivity contribution in [2.24, 2.45) is 0 Å². The molecular formula is C20H20ClN3O3S2. The lowest BCUT2D eigenvalue weighted by molar-refractivity contribution is -0.115. The number of amides is 1. The van der Waals surface area contributed by atoms with Gasteiger partial charge < -0.3 is 5.32 Å². The van der Waals surface area contributed by atoms with Crippen molar-refractivity contribution < 1.29 is 13.2 Å². The van der Waals surface area contributed by atoms with Crippen LogP contribution in [0.4, 0.5) is 5.69 Å². The van der Waals surface area contributed by atoms with Crippen LogP contribution in [0, 0.1) is 0 Å². The zero-order chi connectivity index (χ0) is 21.0. The molecule has 29 heavy (non-hydrogen) atoms. The van der Waals surface area contributed by atoms with Gasteiger partial charge in [0.05, 0.1) is 22.0 Å². The molecule has 0 saturated heterocycles. The molecule has 152 valence electrons. The third-order valence-electron chi connectivity index (χ3n) is 4.08. The highest BCUT2D eigenvalue weighted by molar-refractivity contribution is 7.89. The molecule has 0 unspecified atom stereocenters. The fourth-order valence-electron chi connectivity index (χ4n) is 2.65. The lowest BCUT2D eigenvalue weighted by Gasteiger charge is -2.12. The minimum absolute atomic E-state index is 0.108. The summed E-state index contributed by atoms with van der Waals surface area (Å²) in [5.74, 6) is -0.260. The predicted octanol–water partition coefficient (Wildman–Crippen LogP) is 3.82. The molecule has 0 aliphatic carbocycles. The number of carbonyl (C=O) groups is 1. The summed E-state index contributed by atoms with van der Waals surface area (Å²) < 4.78 is 25.6. The number of anilines is 1. The van der Waals surface area contributed by atoms with E-state index in [0.29, 0.717) is 22.8 Å². The number of nitrogens with one attached hydrogen (secondary N) is 1. The van der Waals surface area contributed by atoms with E-state index in [4.69, 9.17) is 11.6 Å². The Morgan fingerprint density at radius 1 is 1.17 bits per heavy atom. The van der Waals surface area contributed by atoms with E-state index in [0.717, 1.165) is 14.9 Å². The molecule has 0 saturated carbocycles. The van der Waals surface area contributed by atoms with Gasteiger partial charge >= 0.3 is 0 Å². The molecule has 1 heterocycles. The van der Waals surface area contributed by atoms with E-state index in [1.54, 1.807) is 12.1 Å². The van der Waals surface area contributed by atoms with Gasteiger partial charge in [-0.05, 0) is 35.9 Å². The Morgan fingerprint density at radius 2 is 1.93 bits per heavy atom. The molecule has 3 rings (SSSR count). The van der Waals surface area contributed by atoms with Gasteiger partial charge in [-0.25, -0.2) is 17.7 Å². The molecule has 3 aromatic rings. The molecular weight excluding hydrogens is 430 g/mol. The van der Waals surface area contributed by atoms with Crippen molar-refractivity contribution in [3.63, 3.8) is 0 Å². The van der Waals surface area contributed by atoms with Crippen molar-refractivity contribution in [3.8, 4) is 0 Å². The van der Waals surface area contributed by atoms with Crippen LogP contribution in [0.2, 0.25) is 5.02 Å². The first-order valence-electron chi connectivity index (χ1n) is 8.74. The average Bonchev–Trinajstić information content (AvgIpc) is 3.08. The van der Waals surface area contributed by atoms with Gasteiger partial charge in [0.1, 0.15) is 0 Å². The maximum Gasteiger partial charge on any atom is 0.242 e. The molecule has 2 aromatic carbocycles. The number of rotatable bonds is 7. The smallest absolute Gasteiger partial charge is 0.242 e. The van der Waals surface area contributed by atoms with E-state index in [-0.39, 0.29) is 17.2 Å². The van der Waals surface area contributed by atoms with E-state index < -0.39 is 10.0 Å².